The van der Waals surface area contributed by atoms with Gasteiger partial charge in [0, 0.05) is 22.9 Å². The zero-order chi connectivity index (χ0) is 50.7. The first-order valence-electron chi connectivity index (χ1n) is 25.4. The number of amides is 4. The second-order valence-electron chi connectivity index (χ2n) is 20.4. The van der Waals surface area contributed by atoms with Crippen molar-refractivity contribution in [2.75, 3.05) is 14.2 Å². The Morgan fingerprint density at radius 3 is 2.49 bits per heavy atom. The van der Waals surface area contributed by atoms with E-state index in [0.717, 1.165) is 67.5 Å². The van der Waals surface area contributed by atoms with Crippen LogP contribution < -0.4 is 15.4 Å². The van der Waals surface area contributed by atoms with Gasteiger partial charge in [0.2, 0.25) is 11.8 Å². The third-order valence-corrected chi connectivity index (χ3v) is 15.9. The van der Waals surface area contributed by atoms with E-state index < -0.39 is 30.3 Å². The maximum atomic E-state index is 14.7. The third-order valence-electron chi connectivity index (χ3n) is 15.9. The zero-order valence-electron chi connectivity index (χ0n) is 42.3. The van der Waals surface area contributed by atoms with Crippen molar-refractivity contribution in [3.8, 4) is 28.1 Å². The molecule has 4 N–H and O–H groups in total. The lowest BCUT2D eigenvalue weighted by Gasteiger charge is -2.41. The molecule has 5 aliphatic heterocycles. The molecule has 0 radical (unpaired) electrons. The van der Waals surface area contributed by atoms with Crippen LogP contribution in [0.25, 0.3) is 44.2 Å². The van der Waals surface area contributed by atoms with Crippen LogP contribution in [0.1, 0.15) is 109 Å². The first kappa shape index (κ1) is 48.9. The average Bonchev–Trinajstić information content (AvgIpc) is 4.14. The van der Waals surface area contributed by atoms with Crippen LogP contribution in [0.5, 0.6) is 5.75 Å². The highest BCUT2D eigenvalue weighted by Gasteiger charge is 2.50. The number of H-pyrrole nitrogens is 2. The summed E-state index contributed by atoms with van der Waals surface area (Å²) in [6, 6.07) is 11.9. The Balaban J connectivity index is 0.906. The smallest absolute Gasteiger partial charge is 0.407 e. The summed E-state index contributed by atoms with van der Waals surface area (Å²) in [5.74, 6) is 1.32. The normalized spacial score (nSPS) is 26.9. The van der Waals surface area contributed by atoms with Gasteiger partial charge in [-0.05, 0) is 131 Å². The minimum Gasteiger partial charge on any atom is -0.488 e. The number of fused-ring (bicyclic) bond motifs is 8. The summed E-state index contributed by atoms with van der Waals surface area (Å²) in [6.07, 6.45) is 7.75. The predicted octanol–water partition coefficient (Wildman–Crippen LogP) is 8.96. The number of methoxy groups -OCH3 is 2. The molecule has 7 heterocycles. The van der Waals surface area contributed by atoms with Crippen molar-refractivity contribution in [3.05, 3.63) is 90.2 Å². The highest BCUT2D eigenvalue weighted by Crippen LogP contribution is 2.46. The molecule has 1 unspecified atom stereocenters. The molecule has 0 spiro atoms. The number of carbonyl (C=O) groups is 4. The Hall–Kier alpha value is -6.72. The fraction of sp³-hybridized carbons (Fsp3) is 0.491. The maximum absolute atomic E-state index is 14.7. The number of nitrogens with zero attached hydrogens (tertiary/aromatic N) is 4. The van der Waals surface area contributed by atoms with E-state index in [1.165, 1.54) is 14.2 Å². The fourth-order valence-electron chi connectivity index (χ4n) is 12.2. The second-order valence-corrected chi connectivity index (χ2v) is 20.4. The maximum Gasteiger partial charge on any atom is 0.407 e. The number of rotatable bonds is 11. The van der Waals surface area contributed by atoms with E-state index in [1.807, 2.05) is 57.4 Å². The minimum atomic E-state index is -0.840. The average molecular weight is 983 g/mol. The molecule has 4 amide bonds. The van der Waals surface area contributed by atoms with E-state index in [0.29, 0.717) is 50.4 Å². The molecule has 10 rings (SSSR count). The lowest BCUT2D eigenvalue weighted by molar-refractivity contribution is -0.142. The van der Waals surface area contributed by atoms with Crippen molar-refractivity contribution in [1.29, 1.82) is 0 Å². The molecule has 0 saturated carbocycles. The zero-order valence-corrected chi connectivity index (χ0v) is 42.3. The molecular weight excluding hydrogens is 917 g/mol. The molecule has 380 valence electrons. The molecule has 72 heavy (non-hydrogen) atoms. The summed E-state index contributed by atoms with van der Waals surface area (Å²) in [7, 11) is 2.61. The van der Waals surface area contributed by atoms with Crippen molar-refractivity contribution in [1.82, 2.24) is 40.4 Å². The van der Waals surface area contributed by atoms with E-state index in [1.54, 1.807) is 12.3 Å². The van der Waals surface area contributed by atoms with Gasteiger partial charge in [-0.2, -0.15) is 0 Å². The molecule has 2 aromatic heterocycles. The summed E-state index contributed by atoms with van der Waals surface area (Å²) in [4.78, 5) is 75.5. The van der Waals surface area contributed by atoms with Crippen molar-refractivity contribution in [2.45, 2.75) is 147 Å². The number of hydrogen-bond donors (Lipinski definition) is 4. The Bertz CT molecular complexity index is 2950. The fourth-order valence-corrected chi connectivity index (χ4v) is 12.2. The van der Waals surface area contributed by atoms with Gasteiger partial charge in [0.05, 0.1) is 79.7 Å². The van der Waals surface area contributed by atoms with Gasteiger partial charge in [-0.1, -0.05) is 37.3 Å². The van der Waals surface area contributed by atoms with Crippen LogP contribution in [0.2, 0.25) is 0 Å². The molecule has 5 aromatic rings. The standard InChI is InChI=1S/C55H66N8O9/c1-10-27(3)62(52(64)47(60-54(66)68-8)34-18-28(4)71-29(5)19-34)30(6)50-56-25-44(58-50)33-12-15-38-35(20-33)26-70-46-24-40-32(21-41(38)46)13-16-43-48(40)59-51(57-43)45-17-14-36-22-39-31(7)72-37(11-2)23-42(39)49(53(65)63(36)45)61-55(67)69-9/h11-13,15-16,20-22,24-25,27-31,34,36-37,42,45,47,49H,2,10,14,17-19,23,26H2,1,3-9H3,(H,56,58)(H,57,59)(H,60,66)(H,61,67)/t27-,28+,29+,30-,31+,36+,37+,42?,45-,47-,49-/m0/s1. The van der Waals surface area contributed by atoms with E-state index in [-0.39, 0.29) is 66.2 Å². The quantitative estimate of drug-likeness (QED) is 0.0921. The predicted molar refractivity (Wildman–Crippen MR) is 271 cm³/mol. The molecule has 0 aliphatic carbocycles. The summed E-state index contributed by atoms with van der Waals surface area (Å²) < 4.78 is 28.7. The van der Waals surface area contributed by atoms with Crippen LogP contribution in [0.3, 0.4) is 0 Å². The Labute approximate surface area is 419 Å². The number of alkyl carbamates (subject to hydrolysis) is 2. The van der Waals surface area contributed by atoms with Gasteiger partial charge in [-0.15, -0.1) is 6.58 Å². The van der Waals surface area contributed by atoms with Crippen LogP contribution in [0.4, 0.5) is 9.59 Å². The van der Waals surface area contributed by atoms with Gasteiger partial charge in [0.15, 0.2) is 0 Å². The number of imidazole rings is 2. The van der Waals surface area contributed by atoms with Gasteiger partial charge in [0.25, 0.3) is 0 Å². The van der Waals surface area contributed by atoms with Crippen molar-refractivity contribution in [2.24, 2.45) is 11.8 Å². The minimum absolute atomic E-state index is 0.0517. The molecule has 5 aliphatic rings. The van der Waals surface area contributed by atoms with Crippen LogP contribution in [0.15, 0.2) is 73.0 Å². The second kappa shape index (κ2) is 19.7. The summed E-state index contributed by atoms with van der Waals surface area (Å²) >= 11 is 0. The van der Waals surface area contributed by atoms with Crippen molar-refractivity contribution in [3.63, 3.8) is 0 Å². The highest BCUT2D eigenvalue weighted by atomic mass is 16.5. The van der Waals surface area contributed by atoms with Gasteiger partial charge in [-0.3, -0.25) is 9.59 Å². The lowest BCUT2D eigenvalue weighted by Crippen LogP contribution is -2.56. The number of hydrogen-bond acceptors (Lipinski definition) is 11. The lowest BCUT2D eigenvalue weighted by atomic mass is 9.81. The van der Waals surface area contributed by atoms with Gasteiger partial charge in [-0.25, -0.2) is 19.6 Å². The molecule has 0 bridgehead atoms. The number of carbonyl (C=O) groups excluding carboxylic acids is 4. The summed E-state index contributed by atoms with van der Waals surface area (Å²) in [5.41, 5.74) is 7.44. The van der Waals surface area contributed by atoms with Gasteiger partial charge >= 0.3 is 12.2 Å². The number of nitrogens with one attached hydrogen (secondary N) is 4. The first-order valence-corrected chi connectivity index (χ1v) is 25.4. The Morgan fingerprint density at radius 2 is 1.75 bits per heavy atom. The number of benzene rings is 3. The van der Waals surface area contributed by atoms with Crippen LogP contribution in [0, 0.1) is 11.8 Å². The van der Waals surface area contributed by atoms with E-state index >= 15 is 0 Å². The van der Waals surface area contributed by atoms with E-state index in [2.05, 4.69) is 69.7 Å². The summed E-state index contributed by atoms with van der Waals surface area (Å²) in [6.45, 7) is 16.3. The van der Waals surface area contributed by atoms with Gasteiger partial charge in [0.1, 0.15) is 36.1 Å². The molecule has 3 fully saturated rings. The SMILES string of the molecule is C=C[C@@H]1CC2C(=C[C@H]3CC[C@@H](c4nc5ccc6cc7c(cc6c5[nH]4)OCc4cc(-c5cnc([C@H](C)N(C(=O)[C@@H](NC(=O)OC)C6C[C@@H](C)O[C@H](C)C6)[C@@H](C)CC)[nH]5)ccc4-7)N3C(=O)[C@H]2NC(=O)OC)[C@@H](C)O1. The third kappa shape index (κ3) is 8.88. The van der Waals surface area contributed by atoms with Crippen molar-refractivity contribution < 1.29 is 42.9 Å². The molecule has 3 saturated heterocycles. The number of aromatic nitrogens is 4. The molecule has 3 aromatic carbocycles. The van der Waals surface area contributed by atoms with E-state index in [4.69, 9.17) is 33.7 Å². The number of aromatic amines is 2. The monoisotopic (exact) mass is 982 g/mol. The highest BCUT2D eigenvalue weighted by molar-refractivity contribution is 6.07. The van der Waals surface area contributed by atoms with Crippen LogP contribution in [-0.4, -0.2) is 117 Å². The Morgan fingerprint density at radius 1 is 0.972 bits per heavy atom. The first-order chi connectivity index (χ1) is 34.7. The van der Waals surface area contributed by atoms with Crippen LogP contribution in [-0.2, 0) is 35.1 Å². The molecule has 17 nitrogen and oxygen atoms in total. The van der Waals surface area contributed by atoms with Crippen molar-refractivity contribution >= 4 is 45.8 Å². The molecular formula is C55H66N8O9. The summed E-state index contributed by atoms with van der Waals surface area (Å²) in [5, 5.41) is 7.72. The van der Waals surface area contributed by atoms with Gasteiger partial charge < -0.3 is 54.1 Å². The number of ether oxygens (including phenoxy) is 5. The topological polar surface area (TPSA) is 202 Å². The molecule has 17 heteroatoms. The molecule has 11 atom stereocenters. The Kier molecular flexibility index (Phi) is 13.4. The largest absolute Gasteiger partial charge is 0.488 e. The van der Waals surface area contributed by atoms with Crippen LogP contribution >= 0.6 is 0 Å². The van der Waals surface area contributed by atoms with E-state index in [9.17, 15) is 19.2 Å².